The van der Waals surface area contributed by atoms with E-state index in [0.29, 0.717) is 18.4 Å². The number of esters is 1. The third-order valence-corrected chi connectivity index (χ3v) is 6.32. The predicted molar refractivity (Wildman–Crippen MR) is 110 cm³/mol. The Morgan fingerprint density at radius 3 is 2.47 bits per heavy atom. The van der Waals surface area contributed by atoms with E-state index < -0.39 is 5.97 Å². The zero-order valence-electron chi connectivity index (χ0n) is 16.5. The number of methoxy groups -OCH3 is 1. The van der Waals surface area contributed by atoms with Crippen molar-refractivity contribution in [2.75, 3.05) is 7.11 Å². The SMILES string of the molecule is COC(=O)c1ccc(/C=C2\C[C@@H]3[C@H](CC2=O)[C@H]2C=CC(=C(C#N)C#N)[C@@H]3C=C2)cc1. The molecule has 0 unspecified atom stereocenters. The Hall–Kier alpha value is -3.70. The maximum absolute atomic E-state index is 12.9. The van der Waals surface area contributed by atoms with Crippen LogP contribution in [0.2, 0.25) is 0 Å². The van der Waals surface area contributed by atoms with Crippen molar-refractivity contribution in [2.24, 2.45) is 23.7 Å². The summed E-state index contributed by atoms with van der Waals surface area (Å²) >= 11 is 0. The van der Waals surface area contributed by atoms with Crippen molar-refractivity contribution in [3.8, 4) is 12.1 Å². The number of fused-ring (bicyclic) bond motifs is 1. The minimum Gasteiger partial charge on any atom is -0.465 e. The molecule has 1 fully saturated rings. The lowest BCUT2D eigenvalue weighted by Crippen LogP contribution is -2.36. The predicted octanol–water partition coefficient (Wildman–Crippen LogP) is 4.17. The highest BCUT2D eigenvalue weighted by Gasteiger charge is 2.44. The van der Waals surface area contributed by atoms with Crippen LogP contribution in [-0.2, 0) is 9.53 Å². The summed E-state index contributed by atoms with van der Waals surface area (Å²) in [6.07, 6.45) is 11.1. The molecule has 30 heavy (non-hydrogen) atoms. The Morgan fingerprint density at radius 1 is 1.07 bits per heavy atom. The number of nitriles is 2. The molecule has 1 aromatic carbocycles. The summed E-state index contributed by atoms with van der Waals surface area (Å²) in [5.41, 5.74) is 2.95. The van der Waals surface area contributed by atoms with E-state index in [2.05, 4.69) is 12.2 Å². The fraction of sp³-hybridized carbons (Fsp3) is 0.280. The first-order valence-corrected chi connectivity index (χ1v) is 9.88. The van der Waals surface area contributed by atoms with Crippen LogP contribution >= 0.6 is 0 Å². The fourth-order valence-electron chi connectivity index (χ4n) is 4.81. The van der Waals surface area contributed by atoms with Crippen LogP contribution in [0.15, 0.2) is 65.3 Å². The molecule has 0 amide bonds. The Morgan fingerprint density at radius 2 is 1.80 bits per heavy atom. The lowest BCUT2D eigenvalue weighted by Gasteiger charge is -2.41. The number of carbonyl (C=O) groups is 2. The second kappa shape index (κ2) is 7.97. The topological polar surface area (TPSA) is 90.9 Å². The molecule has 0 aliphatic heterocycles. The second-order valence-electron chi connectivity index (χ2n) is 7.84. The molecule has 0 radical (unpaired) electrons. The molecule has 148 valence electrons. The highest BCUT2D eigenvalue weighted by molar-refractivity contribution is 6.00. The van der Waals surface area contributed by atoms with Crippen LogP contribution in [0.1, 0.15) is 28.8 Å². The van der Waals surface area contributed by atoms with Gasteiger partial charge in [-0.3, -0.25) is 4.79 Å². The minimum atomic E-state index is -0.398. The fourth-order valence-corrected chi connectivity index (χ4v) is 4.81. The standard InChI is InChI=1S/C25H20N2O3/c1-30-25(29)17-4-2-15(3-5-17)10-18-11-23-21-9-7-16(22(23)12-24(18)28)6-8-20(21)19(13-26)14-27/h2-10,16,21-23H,11-12H2,1H3/b18-10+/t16-,21-,22+,23-/m0/s1. The third kappa shape index (κ3) is 3.40. The van der Waals surface area contributed by atoms with E-state index in [1.807, 2.05) is 30.4 Å². The van der Waals surface area contributed by atoms with E-state index in [1.54, 1.807) is 24.3 Å². The van der Waals surface area contributed by atoms with E-state index in [1.165, 1.54) is 7.11 Å². The Balaban J connectivity index is 1.66. The normalized spacial score (nSPS) is 27.8. The Bertz CT molecular complexity index is 1090. The zero-order chi connectivity index (χ0) is 21.3. The van der Waals surface area contributed by atoms with Crippen LogP contribution in [0.5, 0.6) is 0 Å². The quantitative estimate of drug-likeness (QED) is 0.324. The number of benzene rings is 1. The summed E-state index contributed by atoms with van der Waals surface area (Å²) in [5, 5.41) is 18.7. The molecule has 0 N–H and O–H groups in total. The van der Waals surface area contributed by atoms with Crippen molar-refractivity contribution >= 4 is 17.8 Å². The van der Waals surface area contributed by atoms with Crippen molar-refractivity contribution in [1.29, 1.82) is 10.5 Å². The van der Waals surface area contributed by atoms with Crippen molar-refractivity contribution in [1.82, 2.24) is 0 Å². The van der Waals surface area contributed by atoms with Gasteiger partial charge >= 0.3 is 5.97 Å². The van der Waals surface area contributed by atoms with Gasteiger partial charge in [-0.25, -0.2) is 4.79 Å². The summed E-state index contributed by atoms with van der Waals surface area (Å²) in [4.78, 5) is 24.5. The first-order chi connectivity index (χ1) is 14.5. The second-order valence-corrected chi connectivity index (χ2v) is 7.84. The van der Waals surface area contributed by atoms with Gasteiger partial charge in [-0.05, 0) is 59.1 Å². The molecule has 0 saturated heterocycles. The maximum Gasteiger partial charge on any atom is 0.337 e. The van der Waals surface area contributed by atoms with Gasteiger partial charge in [0.1, 0.15) is 17.7 Å². The third-order valence-electron chi connectivity index (χ3n) is 6.32. The van der Waals surface area contributed by atoms with E-state index >= 15 is 0 Å². The van der Waals surface area contributed by atoms with Crippen LogP contribution in [0.3, 0.4) is 0 Å². The van der Waals surface area contributed by atoms with Gasteiger partial charge in [0.05, 0.1) is 12.7 Å². The summed E-state index contributed by atoms with van der Waals surface area (Å²) in [6.45, 7) is 0. The average molecular weight is 396 g/mol. The van der Waals surface area contributed by atoms with Gasteiger partial charge in [-0.1, -0.05) is 36.4 Å². The molecule has 5 rings (SSSR count). The number of nitrogens with zero attached hydrogens (tertiary/aromatic N) is 2. The van der Waals surface area contributed by atoms with E-state index in [4.69, 9.17) is 4.74 Å². The summed E-state index contributed by atoms with van der Waals surface area (Å²) in [5.74, 6) is 0.182. The number of Topliss-reactive ketones (excluding diaryl/α,β-unsaturated/α-hetero) is 1. The summed E-state index contributed by atoms with van der Waals surface area (Å²) in [7, 11) is 1.34. The van der Waals surface area contributed by atoms with Crippen LogP contribution in [-0.4, -0.2) is 18.9 Å². The number of ether oxygens (including phenoxy) is 1. The van der Waals surface area contributed by atoms with Gasteiger partial charge in [0.2, 0.25) is 0 Å². The van der Waals surface area contributed by atoms with Crippen molar-refractivity contribution in [3.63, 3.8) is 0 Å². The lowest BCUT2D eigenvalue weighted by molar-refractivity contribution is -0.118. The average Bonchev–Trinajstić information content (AvgIpc) is 3.06. The highest BCUT2D eigenvalue weighted by atomic mass is 16.5. The lowest BCUT2D eigenvalue weighted by atomic mass is 9.62. The molecular formula is C25H20N2O3. The van der Waals surface area contributed by atoms with Crippen LogP contribution in [0, 0.1) is 46.3 Å². The molecule has 1 aromatic rings. The molecule has 2 bridgehead atoms. The molecule has 0 aromatic heterocycles. The van der Waals surface area contributed by atoms with Crippen LogP contribution in [0.4, 0.5) is 0 Å². The maximum atomic E-state index is 12.9. The first-order valence-electron chi connectivity index (χ1n) is 9.88. The zero-order valence-corrected chi connectivity index (χ0v) is 16.5. The van der Waals surface area contributed by atoms with Gasteiger partial charge in [-0.2, -0.15) is 10.5 Å². The van der Waals surface area contributed by atoms with E-state index in [-0.39, 0.29) is 35.0 Å². The van der Waals surface area contributed by atoms with E-state index in [0.717, 1.165) is 16.7 Å². The summed E-state index contributed by atoms with van der Waals surface area (Å²) < 4.78 is 4.72. The van der Waals surface area contributed by atoms with Crippen molar-refractivity contribution < 1.29 is 14.3 Å². The van der Waals surface area contributed by atoms with Gasteiger partial charge in [-0.15, -0.1) is 0 Å². The first kappa shape index (κ1) is 19.6. The molecule has 5 nitrogen and oxygen atoms in total. The molecule has 0 spiro atoms. The molecule has 4 aliphatic carbocycles. The molecular weight excluding hydrogens is 376 g/mol. The van der Waals surface area contributed by atoms with Gasteiger partial charge in [0, 0.05) is 12.3 Å². The smallest absolute Gasteiger partial charge is 0.337 e. The highest BCUT2D eigenvalue weighted by Crippen LogP contribution is 2.50. The number of hydrogen-bond acceptors (Lipinski definition) is 5. The molecule has 4 atom stereocenters. The number of rotatable bonds is 2. The number of carbonyl (C=O) groups excluding carboxylic acids is 2. The Labute approximate surface area is 175 Å². The van der Waals surface area contributed by atoms with Gasteiger partial charge in [0.15, 0.2) is 5.78 Å². The number of ketones is 1. The largest absolute Gasteiger partial charge is 0.465 e. The molecule has 4 aliphatic rings. The van der Waals surface area contributed by atoms with Gasteiger partial charge in [0.25, 0.3) is 0 Å². The summed E-state index contributed by atoms with van der Waals surface area (Å²) in [6, 6.07) is 11.0. The van der Waals surface area contributed by atoms with Crippen LogP contribution < -0.4 is 0 Å². The van der Waals surface area contributed by atoms with Gasteiger partial charge < -0.3 is 4.74 Å². The monoisotopic (exact) mass is 396 g/mol. The molecule has 1 saturated carbocycles. The van der Waals surface area contributed by atoms with Crippen molar-refractivity contribution in [3.05, 3.63) is 76.4 Å². The molecule has 0 heterocycles. The number of hydrogen-bond donors (Lipinski definition) is 0. The van der Waals surface area contributed by atoms with Crippen molar-refractivity contribution in [2.45, 2.75) is 12.8 Å². The number of allylic oxidation sites excluding steroid dienone is 7. The molecule has 5 heteroatoms. The minimum absolute atomic E-state index is 0.0440. The van der Waals surface area contributed by atoms with E-state index in [9.17, 15) is 20.1 Å². The van der Waals surface area contributed by atoms with Crippen LogP contribution in [0.25, 0.3) is 6.08 Å². The Kier molecular flexibility index (Phi) is 5.21.